The molecule has 1 amide bonds. The van der Waals surface area contributed by atoms with Gasteiger partial charge < -0.3 is 0 Å². The molecule has 0 aliphatic carbocycles. The van der Waals surface area contributed by atoms with Crippen molar-refractivity contribution in [1.29, 1.82) is 0 Å². The summed E-state index contributed by atoms with van der Waals surface area (Å²) in [6, 6.07) is 23.2. The number of halogens is 1. The molecule has 24 heavy (non-hydrogen) atoms. The third kappa shape index (κ3) is 4.21. The molecule has 3 aromatic carbocycles. The van der Waals surface area contributed by atoms with Crippen LogP contribution in [-0.2, 0) is 9.22 Å². The van der Waals surface area contributed by atoms with E-state index in [0.29, 0.717) is 0 Å². The first-order valence-corrected chi connectivity index (χ1v) is 10.1. The molecule has 0 bridgehead atoms. The third-order valence-corrected chi connectivity index (χ3v) is 6.64. The Kier molecular flexibility index (Phi) is 5.61. The van der Waals surface area contributed by atoms with Gasteiger partial charge in [-0.1, -0.05) is 0 Å². The van der Waals surface area contributed by atoms with Crippen LogP contribution in [0.15, 0.2) is 72.8 Å². The van der Waals surface area contributed by atoms with E-state index in [9.17, 15) is 4.79 Å². The molecule has 0 saturated carbocycles. The first kappa shape index (κ1) is 16.7. The topological polar surface area (TPSA) is 49.3 Å². The van der Waals surface area contributed by atoms with Crippen molar-refractivity contribution >= 4 is 22.8 Å². The van der Waals surface area contributed by atoms with Crippen LogP contribution in [0.1, 0.15) is 11.1 Å². The Morgan fingerprint density at radius 3 is 2.54 bits per heavy atom. The van der Waals surface area contributed by atoms with Gasteiger partial charge in [-0.2, -0.15) is 0 Å². The summed E-state index contributed by atoms with van der Waals surface area (Å²) in [7, 11) is 0. The van der Waals surface area contributed by atoms with E-state index in [1.807, 2.05) is 12.1 Å². The van der Waals surface area contributed by atoms with E-state index < -0.39 is 5.91 Å². The number of hydroxylamine groups is 1. The van der Waals surface area contributed by atoms with E-state index in [1.54, 1.807) is 11.6 Å². The zero-order chi connectivity index (χ0) is 16.8. The molecule has 3 nitrogen and oxygen atoms in total. The van der Waals surface area contributed by atoms with E-state index in [-0.39, 0.29) is 21.2 Å². The molecule has 0 radical (unpaired) electrons. The quantitative estimate of drug-likeness (QED) is 0.207. The van der Waals surface area contributed by atoms with Crippen LogP contribution in [0.25, 0.3) is 16.8 Å². The van der Waals surface area contributed by atoms with E-state index in [4.69, 9.17) is 5.21 Å². The van der Waals surface area contributed by atoms with Crippen molar-refractivity contribution in [3.63, 3.8) is 0 Å². The van der Waals surface area contributed by atoms with Crippen LogP contribution in [-0.4, -0.2) is 11.1 Å². The number of carbonyl (C=O) groups is 1. The van der Waals surface area contributed by atoms with Gasteiger partial charge in [-0.05, 0) is 0 Å². The maximum absolute atomic E-state index is 11.0. The number of nitrogens with one attached hydrogen (secondary N) is 1. The zero-order valence-electron chi connectivity index (χ0n) is 12.9. The van der Waals surface area contributed by atoms with Gasteiger partial charge in [0.1, 0.15) is 0 Å². The molecule has 2 N–H and O–H groups in total. The second kappa shape index (κ2) is 8.08. The van der Waals surface area contributed by atoms with Crippen molar-refractivity contribution in [1.82, 2.24) is 5.48 Å². The molecule has 3 aromatic rings. The molecule has 0 unspecified atom stereocenters. The molecule has 0 aliphatic rings. The van der Waals surface area contributed by atoms with Gasteiger partial charge >= 0.3 is 151 Å². The second-order valence-corrected chi connectivity index (χ2v) is 7.97. The van der Waals surface area contributed by atoms with Crippen molar-refractivity contribution in [2.75, 3.05) is 0 Å². The Hall–Kier alpha value is -2.18. The Bertz CT molecular complexity index is 867. The molecule has 0 spiro atoms. The summed E-state index contributed by atoms with van der Waals surface area (Å²) in [6.07, 6.45) is 2.98. The summed E-state index contributed by atoms with van der Waals surface area (Å²) < 4.78 is 2.55. The number of hydrogen-bond acceptors (Lipinski definition) is 2. The first-order chi connectivity index (χ1) is 11.8. The summed E-state index contributed by atoms with van der Waals surface area (Å²) in [4.78, 5) is 11.0. The number of alkyl halides is 1. The van der Waals surface area contributed by atoms with Gasteiger partial charge in [0.25, 0.3) is 0 Å². The van der Waals surface area contributed by atoms with E-state index in [0.717, 1.165) is 9.99 Å². The van der Waals surface area contributed by atoms with Crippen molar-refractivity contribution < 1.29 is 31.2 Å². The van der Waals surface area contributed by atoms with Gasteiger partial charge in [-0.3, -0.25) is 0 Å². The predicted molar refractivity (Wildman–Crippen MR) is 91.8 cm³/mol. The molecule has 0 fully saturated rings. The molecular formula is C20H17INO2-. The Morgan fingerprint density at radius 2 is 1.75 bits per heavy atom. The van der Waals surface area contributed by atoms with Crippen LogP contribution >= 0.6 is 0 Å². The number of rotatable bonds is 5. The molecule has 0 aliphatic heterocycles. The van der Waals surface area contributed by atoms with Crippen molar-refractivity contribution in [2.24, 2.45) is 0 Å². The average Bonchev–Trinajstić information content (AvgIpc) is 2.65. The van der Waals surface area contributed by atoms with Gasteiger partial charge in [0.2, 0.25) is 0 Å². The number of hydrogen-bond donors (Lipinski definition) is 2. The minimum absolute atomic E-state index is 0.101. The number of amides is 1. The number of benzene rings is 3. The van der Waals surface area contributed by atoms with E-state index in [1.165, 1.54) is 26.0 Å². The van der Waals surface area contributed by atoms with Crippen LogP contribution in [0.2, 0.25) is 0 Å². The fourth-order valence-corrected chi connectivity index (χ4v) is 5.10. The fourth-order valence-electron chi connectivity index (χ4n) is 2.38. The average molecular weight is 430 g/mol. The fraction of sp³-hybridized carbons (Fsp3) is 0.0500. The maximum atomic E-state index is 11.0. The standard InChI is InChI=1S/C20H17INO2/c23-20(22-24)13-12-15-8-10-16(11-9-15)14-21-19-7-3-5-17-4-1-2-6-18(17)19/h1-13,24H,14H2,(H,22,23)/q-1/b13-12+. The van der Waals surface area contributed by atoms with Crippen LogP contribution in [0.3, 0.4) is 0 Å². The van der Waals surface area contributed by atoms with Crippen LogP contribution in [0, 0.1) is 3.57 Å². The summed E-state index contributed by atoms with van der Waals surface area (Å²) in [5.74, 6) is -0.527. The monoisotopic (exact) mass is 430 g/mol. The SMILES string of the molecule is O=C(/C=C/c1ccc(C[I-]c2cccc3ccccc23)cc1)NO. The van der Waals surface area contributed by atoms with E-state index in [2.05, 4.69) is 54.6 Å². The van der Waals surface area contributed by atoms with Crippen LogP contribution in [0.5, 0.6) is 0 Å². The molecule has 4 heteroatoms. The molecule has 0 aromatic heterocycles. The third-order valence-electron chi connectivity index (χ3n) is 3.62. The Balaban J connectivity index is 1.68. The summed E-state index contributed by atoms with van der Waals surface area (Å²) >= 11 is -0.101. The number of carbonyl (C=O) groups excluding carboxylic acids is 1. The summed E-state index contributed by atoms with van der Waals surface area (Å²) in [6.45, 7) is 0. The normalized spacial score (nSPS) is 11.2. The molecule has 0 heterocycles. The predicted octanol–water partition coefficient (Wildman–Crippen LogP) is 0.817. The molecule has 122 valence electrons. The minimum atomic E-state index is -0.527. The van der Waals surface area contributed by atoms with Gasteiger partial charge in [0.05, 0.1) is 0 Å². The molecule has 0 atom stereocenters. The van der Waals surface area contributed by atoms with Gasteiger partial charge in [0, 0.05) is 0 Å². The molecule has 0 saturated heterocycles. The Labute approximate surface area is 151 Å². The van der Waals surface area contributed by atoms with Gasteiger partial charge in [-0.25, -0.2) is 0 Å². The van der Waals surface area contributed by atoms with Crippen LogP contribution in [0.4, 0.5) is 0 Å². The van der Waals surface area contributed by atoms with Gasteiger partial charge in [0.15, 0.2) is 0 Å². The second-order valence-electron chi connectivity index (χ2n) is 5.28. The van der Waals surface area contributed by atoms with Gasteiger partial charge in [-0.15, -0.1) is 0 Å². The Morgan fingerprint density at radius 1 is 1.00 bits per heavy atom. The zero-order valence-corrected chi connectivity index (χ0v) is 15.1. The molecular weight excluding hydrogens is 413 g/mol. The summed E-state index contributed by atoms with van der Waals surface area (Å²) in [5.41, 5.74) is 3.82. The van der Waals surface area contributed by atoms with Crippen LogP contribution < -0.4 is 26.7 Å². The van der Waals surface area contributed by atoms with E-state index >= 15 is 0 Å². The summed E-state index contributed by atoms with van der Waals surface area (Å²) in [5, 5.41) is 11.1. The first-order valence-electron chi connectivity index (χ1n) is 7.54. The van der Waals surface area contributed by atoms with Crippen molar-refractivity contribution in [3.05, 3.63) is 87.5 Å². The van der Waals surface area contributed by atoms with Crippen molar-refractivity contribution in [3.8, 4) is 0 Å². The number of fused-ring (bicyclic) bond motifs is 1. The molecule has 3 rings (SSSR count). The van der Waals surface area contributed by atoms with Crippen molar-refractivity contribution in [2.45, 2.75) is 4.43 Å².